The van der Waals surface area contributed by atoms with Crippen molar-refractivity contribution in [1.29, 1.82) is 0 Å². The molecule has 0 radical (unpaired) electrons. The number of carbonyl (C=O) groups is 2. The predicted molar refractivity (Wildman–Crippen MR) is 186 cm³/mol. The minimum Gasteiger partial charge on any atom is -0.463 e. The maximum atomic E-state index is 12.3. The van der Waals surface area contributed by atoms with E-state index in [1.54, 1.807) is 0 Å². The van der Waals surface area contributed by atoms with Crippen molar-refractivity contribution < 1.29 is 23.5 Å². The van der Waals surface area contributed by atoms with E-state index in [2.05, 4.69) is 33.5 Å². The van der Waals surface area contributed by atoms with Crippen molar-refractivity contribution in [3.63, 3.8) is 0 Å². The van der Waals surface area contributed by atoms with Gasteiger partial charge < -0.3 is 13.9 Å². The lowest BCUT2D eigenvalue weighted by molar-refractivity contribution is -0.151. The van der Waals surface area contributed by atoms with Gasteiger partial charge in [-0.15, -0.1) is 0 Å². The Kier molecular flexibility index (Phi) is 30.5. The summed E-state index contributed by atoms with van der Waals surface area (Å²) < 4.78 is 17.2. The zero-order valence-electron chi connectivity index (χ0n) is 29.6. The van der Waals surface area contributed by atoms with Crippen LogP contribution in [0.3, 0.4) is 0 Å². The van der Waals surface area contributed by atoms with E-state index in [1.165, 1.54) is 135 Å². The summed E-state index contributed by atoms with van der Waals surface area (Å²) in [5, 5.41) is 0. The molecule has 0 amide bonds. The third kappa shape index (κ3) is 33.8. The number of rotatable bonds is 33. The molecule has 0 aromatic heterocycles. The highest BCUT2D eigenvalue weighted by atomic mass is 28.4. The van der Waals surface area contributed by atoms with Gasteiger partial charge in [-0.1, -0.05) is 162 Å². The number of hydrogen-bond acceptors (Lipinski definition) is 5. The molecule has 0 bridgehead atoms. The van der Waals surface area contributed by atoms with E-state index in [4.69, 9.17) is 13.9 Å². The van der Waals surface area contributed by atoms with E-state index in [0.29, 0.717) is 12.8 Å². The first-order valence-corrected chi connectivity index (χ1v) is 22.2. The fraction of sp³-hybridized carbons (Fsp3) is 0.946. The van der Waals surface area contributed by atoms with Crippen LogP contribution in [0.1, 0.15) is 187 Å². The van der Waals surface area contributed by atoms with Crippen LogP contribution in [0.2, 0.25) is 19.6 Å². The van der Waals surface area contributed by atoms with Crippen molar-refractivity contribution in [1.82, 2.24) is 0 Å². The molecule has 6 heteroatoms. The summed E-state index contributed by atoms with van der Waals surface area (Å²) in [6, 6.07) is 0. The van der Waals surface area contributed by atoms with E-state index in [0.717, 1.165) is 25.7 Å². The molecule has 256 valence electrons. The molecule has 1 atom stereocenters. The highest BCUT2D eigenvalue weighted by Crippen LogP contribution is 2.15. The number of unbranched alkanes of at least 4 members (excludes halogenated alkanes) is 23. The molecule has 0 aliphatic heterocycles. The molecule has 0 saturated heterocycles. The molecule has 0 heterocycles. The lowest BCUT2D eigenvalue weighted by atomic mass is 10.0. The average molecular weight is 627 g/mol. The van der Waals surface area contributed by atoms with Crippen LogP contribution in [0.15, 0.2) is 0 Å². The summed E-state index contributed by atoms with van der Waals surface area (Å²) in [7, 11) is -1.87. The van der Waals surface area contributed by atoms with E-state index in [1.807, 2.05) is 0 Å². The Morgan fingerprint density at radius 1 is 0.442 bits per heavy atom. The first-order valence-electron chi connectivity index (χ1n) is 18.8. The third-order valence-corrected chi connectivity index (χ3v) is 9.14. The lowest BCUT2D eigenvalue weighted by Gasteiger charge is -2.26. The first kappa shape index (κ1) is 42.1. The van der Waals surface area contributed by atoms with E-state index < -0.39 is 8.32 Å². The molecule has 0 rings (SSSR count). The normalized spacial score (nSPS) is 12.4. The summed E-state index contributed by atoms with van der Waals surface area (Å²) in [5.41, 5.74) is 0. The molecule has 0 aromatic carbocycles. The van der Waals surface area contributed by atoms with E-state index >= 15 is 0 Å². The monoisotopic (exact) mass is 627 g/mol. The van der Waals surface area contributed by atoms with Crippen molar-refractivity contribution >= 4 is 20.3 Å². The molecule has 43 heavy (non-hydrogen) atoms. The van der Waals surface area contributed by atoms with Gasteiger partial charge in [0.25, 0.3) is 0 Å². The first-order chi connectivity index (χ1) is 20.8. The maximum Gasteiger partial charge on any atom is 0.305 e. The topological polar surface area (TPSA) is 61.8 Å². The van der Waals surface area contributed by atoms with Gasteiger partial charge in [0.15, 0.2) is 8.32 Å². The Hall–Kier alpha value is -0.883. The van der Waals surface area contributed by atoms with Gasteiger partial charge in [-0.25, -0.2) is 0 Å². The van der Waals surface area contributed by atoms with Crippen LogP contribution >= 0.6 is 0 Å². The molecule has 0 saturated carbocycles. The second kappa shape index (κ2) is 31.1. The fourth-order valence-electron chi connectivity index (χ4n) is 5.53. The second-order valence-electron chi connectivity index (χ2n) is 13.8. The van der Waals surface area contributed by atoms with Crippen LogP contribution in [-0.2, 0) is 23.5 Å². The average Bonchev–Trinajstić information content (AvgIpc) is 2.96. The van der Waals surface area contributed by atoms with Crippen LogP contribution in [0.5, 0.6) is 0 Å². The second-order valence-corrected chi connectivity index (χ2v) is 18.3. The largest absolute Gasteiger partial charge is 0.463 e. The van der Waals surface area contributed by atoms with Gasteiger partial charge >= 0.3 is 11.9 Å². The number of hydrogen-bond donors (Lipinski definition) is 0. The highest BCUT2D eigenvalue weighted by Gasteiger charge is 2.24. The van der Waals surface area contributed by atoms with E-state index in [-0.39, 0.29) is 31.3 Å². The smallest absolute Gasteiger partial charge is 0.305 e. The Morgan fingerprint density at radius 2 is 0.698 bits per heavy atom. The Morgan fingerprint density at radius 3 is 0.953 bits per heavy atom. The zero-order valence-corrected chi connectivity index (χ0v) is 30.6. The summed E-state index contributed by atoms with van der Waals surface area (Å²) in [4.78, 5) is 24.6. The van der Waals surface area contributed by atoms with Crippen LogP contribution in [0.25, 0.3) is 0 Å². The summed E-state index contributed by atoms with van der Waals surface area (Å²) in [5.74, 6) is -0.343. The van der Waals surface area contributed by atoms with Crippen molar-refractivity contribution in [2.75, 3.05) is 13.2 Å². The van der Waals surface area contributed by atoms with Gasteiger partial charge in [0.2, 0.25) is 0 Å². The minimum absolute atomic E-state index is 0.160. The zero-order chi connectivity index (χ0) is 31.9. The van der Waals surface area contributed by atoms with Gasteiger partial charge in [0.1, 0.15) is 19.3 Å². The summed E-state index contributed by atoms with van der Waals surface area (Å²) in [6.07, 6.45) is 32.6. The molecule has 0 aliphatic carbocycles. The lowest BCUT2D eigenvalue weighted by Crippen LogP contribution is -2.38. The SMILES string of the molecule is CCCCCCCCCCCCCCCC(=O)OCC(COC(=O)CCCCCCCCCCCCCC)O[Si](C)(C)C. The summed E-state index contributed by atoms with van der Waals surface area (Å²) >= 11 is 0. The molecule has 0 aromatic rings. The molecule has 5 nitrogen and oxygen atoms in total. The molecule has 0 aliphatic rings. The fourth-order valence-corrected chi connectivity index (χ4v) is 6.67. The molecule has 0 fully saturated rings. The summed E-state index contributed by atoms with van der Waals surface area (Å²) in [6.45, 7) is 11.2. The van der Waals surface area contributed by atoms with Crippen LogP contribution in [-0.4, -0.2) is 39.6 Å². The van der Waals surface area contributed by atoms with Gasteiger partial charge in [0.05, 0.1) is 0 Å². The minimum atomic E-state index is -1.87. The predicted octanol–water partition coefficient (Wildman–Crippen LogP) is 11.9. The molecule has 0 N–H and O–H groups in total. The Labute approximate surface area is 269 Å². The van der Waals surface area contributed by atoms with Gasteiger partial charge in [-0.05, 0) is 32.5 Å². The Balaban J connectivity index is 3.86. The van der Waals surface area contributed by atoms with Crippen LogP contribution in [0, 0.1) is 0 Å². The number of ether oxygens (including phenoxy) is 2. The number of esters is 2. The van der Waals surface area contributed by atoms with E-state index in [9.17, 15) is 9.59 Å². The van der Waals surface area contributed by atoms with Gasteiger partial charge in [0, 0.05) is 12.8 Å². The van der Waals surface area contributed by atoms with Gasteiger partial charge in [-0.3, -0.25) is 9.59 Å². The highest BCUT2D eigenvalue weighted by molar-refractivity contribution is 6.69. The molecular weight excluding hydrogens is 552 g/mol. The number of carbonyl (C=O) groups excluding carboxylic acids is 2. The Bertz CT molecular complexity index is 619. The van der Waals surface area contributed by atoms with Crippen LogP contribution < -0.4 is 0 Å². The maximum absolute atomic E-state index is 12.3. The standard InChI is InChI=1S/C37H74O5Si/c1-6-8-10-12-14-16-18-20-22-24-26-28-30-32-37(39)41-34-35(42-43(3,4)5)33-40-36(38)31-29-27-25-23-21-19-17-15-13-11-9-7-2/h35H,6-34H2,1-5H3. The third-order valence-electron chi connectivity index (χ3n) is 8.10. The van der Waals surface area contributed by atoms with Crippen molar-refractivity contribution in [2.24, 2.45) is 0 Å². The van der Waals surface area contributed by atoms with Crippen LogP contribution in [0.4, 0.5) is 0 Å². The van der Waals surface area contributed by atoms with Crippen molar-refractivity contribution in [2.45, 2.75) is 213 Å². The van der Waals surface area contributed by atoms with Crippen molar-refractivity contribution in [3.05, 3.63) is 0 Å². The molecule has 0 spiro atoms. The molecule has 1 unspecified atom stereocenters. The quantitative estimate of drug-likeness (QED) is 0.0412. The van der Waals surface area contributed by atoms with Crippen molar-refractivity contribution in [3.8, 4) is 0 Å². The van der Waals surface area contributed by atoms with Gasteiger partial charge in [-0.2, -0.15) is 0 Å². The molecular formula is C37H74O5Si.